The Balaban J connectivity index is 2.07. The van der Waals surface area contributed by atoms with Crippen molar-refractivity contribution in [3.8, 4) is 0 Å². The van der Waals surface area contributed by atoms with Crippen molar-refractivity contribution in [1.82, 2.24) is 25.3 Å². The Bertz CT molecular complexity index is 477. The van der Waals surface area contributed by atoms with Gasteiger partial charge in [0.25, 0.3) is 0 Å². The molecule has 2 heterocycles. The number of hydrogen-bond donors (Lipinski definition) is 1. The third-order valence-corrected chi connectivity index (χ3v) is 3.49. The molecule has 0 saturated heterocycles. The van der Waals surface area contributed by atoms with Crippen LogP contribution in [0.25, 0.3) is 0 Å². The molecule has 0 aliphatic carbocycles. The van der Waals surface area contributed by atoms with Crippen LogP contribution in [0, 0.1) is 0 Å². The molecular formula is C12H16BrN5. The zero-order chi connectivity index (χ0) is 13.0. The average Bonchev–Trinajstić information content (AvgIpc) is 2.73. The second-order valence-corrected chi connectivity index (χ2v) is 4.84. The first kappa shape index (κ1) is 13.2. The van der Waals surface area contributed by atoms with E-state index in [-0.39, 0.29) is 6.04 Å². The summed E-state index contributed by atoms with van der Waals surface area (Å²) in [4.78, 5) is 4.33. The summed E-state index contributed by atoms with van der Waals surface area (Å²) in [5.74, 6) is 0. The highest BCUT2D eigenvalue weighted by Crippen LogP contribution is 2.23. The molecule has 6 heteroatoms. The lowest BCUT2D eigenvalue weighted by molar-refractivity contribution is 0.501. The van der Waals surface area contributed by atoms with E-state index in [4.69, 9.17) is 0 Å². The monoisotopic (exact) mass is 309 g/mol. The van der Waals surface area contributed by atoms with Crippen LogP contribution < -0.4 is 5.32 Å². The lowest BCUT2D eigenvalue weighted by Gasteiger charge is -2.16. The van der Waals surface area contributed by atoms with Gasteiger partial charge in [0.1, 0.15) is 0 Å². The topological polar surface area (TPSA) is 55.6 Å². The normalized spacial score (nSPS) is 12.6. The van der Waals surface area contributed by atoms with E-state index in [0.717, 1.165) is 28.8 Å². The van der Waals surface area contributed by atoms with E-state index < -0.39 is 0 Å². The molecular weight excluding hydrogens is 294 g/mol. The lowest BCUT2D eigenvalue weighted by atomic mass is 10.1. The Morgan fingerprint density at radius 2 is 2.28 bits per heavy atom. The quantitative estimate of drug-likeness (QED) is 0.916. The second-order valence-electron chi connectivity index (χ2n) is 4.09. The van der Waals surface area contributed by atoms with Crippen LogP contribution in [-0.2, 0) is 13.5 Å². The van der Waals surface area contributed by atoms with E-state index in [1.165, 1.54) is 0 Å². The number of nitrogens with one attached hydrogen (secondary N) is 1. The minimum absolute atomic E-state index is 0.210. The molecule has 1 unspecified atom stereocenters. The van der Waals surface area contributed by atoms with Crippen LogP contribution in [-0.4, -0.2) is 27.0 Å². The van der Waals surface area contributed by atoms with Crippen LogP contribution in [0.2, 0.25) is 0 Å². The fourth-order valence-corrected chi connectivity index (χ4v) is 2.57. The van der Waals surface area contributed by atoms with Gasteiger partial charge in [0, 0.05) is 18.9 Å². The molecule has 96 valence electrons. The molecule has 0 amide bonds. The molecule has 0 saturated carbocycles. The first-order chi connectivity index (χ1) is 8.72. The van der Waals surface area contributed by atoms with Crippen molar-refractivity contribution < 1.29 is 0 Å². The van der Waals surface area contributed by atoms with Gasteiger partial charge in [-0.2, -0.15) is 0 Å². The number of aromatic nitrogens is 4. The first-order valence-corrected chi connectivity index (χ1v) is 6.64. The SMILES string of the molecule is CNC(CCc1ccccn1)c1c(Br)nnn1C. The third kappa shape index (κ3) is 2.94. The zero-order valence-electron chi connectivity index (χ0n) is 10.5. The molecule has 2 aromatic rings. The van der Waals surface area contributed by atoms with Gasteiger partial charge in [-0.15, -0.1) is 5.10 Å². The second kappa shape index (κ2) is 6.06. The predicted molar refractivity (Wildman–Crippen MR) is 73.1 cm³/mol. The number of hydrogen-bond acceptors (Lipinski definition) is 4. The molecule has 0 aromatic carbocycles. The fourth-order valence-electron chi connectivity index (χ4n) is 1.96. The van der Waals surface area contributed by atoms with Crippen molar-refractivity contribution in [2.75, 3.05) is 7.05 Å². The number of nitrogens with zero attached hydrogens (tertiary/aromatic N) is 4. The highest BCUT2D eigenvalue weighted by molar-refractivity contribution is 9.10. The Labute approximate surface area is 115 Å². The summed E-state index contributed by atoms with van der Waals surface area (Å²) < 4.78 is 2.59. The average molecular weight is 310 g/mol. The molecule has 0 aliphatic heterocycles. The minimum Gasteiger partial charge on any atom is -0.312 e. The molecule has 0 bridgehead atoms. The molecule has 2 aromatic heterocycles. The maximum atomic E-state index is 4.33. The molecule has 2 rings (SSSR count). The largest absolute Gasteiger partial charge is 0.312 e. The molecule has 0 fully saturated rings. The zero-order valence-corrected chi connectivity index (χ0v) is 12.1. The van der Waals surface area contributed by atoms with Gasteiger partial charge in [-0.25, -0.2) is 4.68 Å². The van der Waals surface area contributed by atoms with Crippen molar-refractivity contribution in [3.63, 3.8) is 0 Å². The summed E-state index contributed by atoms with van der Waals surface area (Å²) in [6.45, 7) is 0. The van der Waals surface area contributed by atoms with Crippen LogP contribution in [0.5, 0.6) is 0 Å². The van der Waals surface area contributed by atoms with Crippen LogP contribution in [0.3, 0.4) is 0 Å². The number of halogens is 1. The van der Waals surface area contributed by atoms with Crippen molar-refractivity contribution in [3.05, 3.63) is 40.4 Å². The lowest BCUT2D eigenvalue weighted by Crippen LogP contribution is -2.20. The Morgan fingerprint density at radius 1 is 1.44 bits per heavy atom. The summed E-state index contributed by atoms with van der Waals surface area (Å²) in [6, 6.07) is 6.20. The fraction of sp³-hybridized carbons (Fsp3) is 0.417. The Hall–Kier alpha value is -1.27. The van der Waals surface area contributed by atoms with Gasteiger partial charge in [0.05, 0.1) is 11.7 Å². The van der Waals surface area contributed by atoms with Gasteiger partial charge in [-0.05, 0) is 48.0 Å². The maximum absolute atomic E-state index is 4.33. The van der Waals surface area contributed by atoms with Crippen molar-refractivity contribution in [1.29, 1.82) is 0 Å². The minimum atomic E-state index is 0.210. The van der Waals surface area contributed by atoms with E-state index >= 15 is 0 Å². The van der Waals surface area contributed by atoms with Gasteiger partial charge in [0.15, 0.2) is 4.60 Å². The van der Waals surface area contributed by atoms with E-state index in [2.05, 4.69) is 36.5 Å². The van der Waals surface area contributed by atoms with E-state index in [9.17, 15) is 0 Å². The summed E-state index contributed by atoms with van der Waals surface area (Å²) in [6.07, 6.45) is 3.70. The Kier molecular flexibility index (Phi) is 4.43. The highest BCUT2D eigenvalue weighted by Gasteiger charge is 2.18. The van der Waals surface area contributed by atoms with Gasteiger partial charge in [-0.3, -0.25) is 4.98 Å². The molecule has 5 nitrogen and oxygen atoms in total. The summed E-state index contributed by atoms with van der Waals surface area (Å²) >= 11 is 3.43. The number of rotatable bonds is 5. The molecule has 0 radical (unpaired) electrons. The van der Waals surface area contributed by atoms with Crippen LogP contribution >= 0.6 is 15.9 Å². The van der Waals surface area contributed by atoms with Crippen molar-refractivity contribution >= 4 is 15.9 Å². The van der Waals surface area contributed by atoms with Gasteiger partial charge in [-0.1, -0.05) is 11.3 Å². The highest BCUT2D eigenvalue weighted by atomic mass is 79.9. The first-order valence-electron chi connectivity index (χ1n) is 5.84. The number of pyridine rings is 1. The van der Waals surface area contributed by atoms with E-state index in [1.54, 1.807) is 4.68 Å². The van der Waals surface area contributed by atoms with Gasteiger partial charge < -0.3 is 5.32 Å². The molecule has 0 spiro atoms. The summed E-state index contributed by atoms with van der Waals surface area (Å²) in [5, 5.41) is 11.3. The molecule has 0 aliphatic rings. The van der Waals surface area contributed by atoms with E-state index in [1.807, 2.05) is 38.5 Å². The standard InChI is InChI=1S/C12H16BrN5/c1-14-10(11-12(13)16-17-18(11)2)7-6-9-5-3-4-8-15-9/h3-5,8,10,14H,6-7H2,1-2H3. The van der Waals surface area contributed by atoms with Crippen LogP contribution in [0.1, 0.15) is 23.9 Å². The van der Waals surface area contributed by atoms with Crippen molar-refractivity contribution in [2.45, 2.75) is 18.9 Å². The summed E-state index contributed by atoms with van der Waals surface area (Å²) in [7, 11) is 3.85. The number of aryl methyl sites for hydroxylation is 2. The van der Waals surface area contributed by atoms with Gasteiger partial charge >= 0.3 is 0 Å². The predicted octanol–water partition coefficient (Wildman–Crippen LogP) is 1.87. The summed E-state index contributed by atoms with van der Waals surface area (Å²) in [5.41, 5.74) is 2.16. The molecule has 18 heavy (non-hydrogen) atoms. The Morgan fingerprint density at radius 3 is 2.83 bits per heavy atom. The molecule has 1 atom stereocenters. The molecule has 1 N–H and O–H groups in total. The van der Waals surface area contributed by atoms with Gasteiger partial charge in [0.2, 0.25) is 0 Å². The van der Waals surface area contributed by atoms with Crippen molar-refractivity contribution in [2.24, 2.45) is 7.05 Å². The van der Waals surface area contributed by atoms with Crippen LogP contribution in [0.15, 0.2) is 29.0 Å². The smallest absolute Gasteiger partial charge is 0.153 e. The van der Waals surface area contributed by atoms with Crippen LogP contribution in [0.4, 0.5) is 0 Å². The van der Waals surface area contributed by atoms with E-state index in [0.29, 0.717) is 0 Å². The maximum Gasteiger partial charge on any atom is 0.153 e. The third-order valence-electron chi connectivity index (χ3n) is 2.92.